The van der Waals surface area contributed by atoms with Crippen LogP contribution in [0.5, 0.6) is 0 Å². The van der Waals surface area contributed by atoms with Crippen LogP contribution in [0.1, 0.15) is 47.0 Å². The van der Waals surface area contributed by atoms with Crippen molar-refractivity contribution in [3.8, 4) is 0 Å². The molecule has 0 amide bonds. The van der Waals surface area contributed by atoms with E-state index in [4.69, 9.17) is 4.74 Å². The molecule has 0 spiro atoms. The minimum atomic E-state index is -0.538. The zero-order valence-electron chi connectivity index (χ0n) is 11.9. The van der Waals surface area contributed by atoms with E-state index in [2.05, 4.69) is 39.6 Å². The molecule has 0 aromatic heterocycles. The lowest BCUT2D eigenvalue weighted by molar-refractivity contribution is -0.128. The number of aliphatic hydroxyl groups is 1. The summed E-state index contributed by atoms with van der Waals surface area (Å²) < 4.78 is 6.12. The first-order chi connectivity index (χ1) is 7.65. The molecule has 2 heterocycles. The third-order valence-corrected chi connectivity index (χ3v) is 4.58. The van der Waals surface area contributed by atoms with Gasteiger partial charge < -0.3 is 14.7 Å². The van der Waals surface area contributed by atoms with Crippen LogP contribution < -0.4 is 0 Å². The molecule has 2 rings (SSSR count). The SMILES string of the molecule is CN1CCC(O)(C2CC(C)(C)OC2(C)C)CC1. The van der Waals surface area contributed by atoms with E-state index in [9.17, 15) is 5.11 Å². The van der Waals surface area contributed by atoms with Gasteiger partial charge in [-0.3, -0.25) is 0 Å². The molecule has 2 fully saturated rings. The molecule has 1 atom stereocenters. The minimum Gasteiger partial charge on any atom is -0.389 e. The number of piperidine rings is 1. The maximum atomic E-state index is 10.9. The molecule has 0 radical (unpaired) electrons. The molecule has 3 nitrogen and oxygen atoms in total. The van der Waals surface area contributed by atoms with Crippen molar-refractivity contribution in [3.05, 3.63) is 0 Å². The van der Waals surface area contributed by atoms with Crippen LogP contribution in [0.2, 0.25) is 0 Å². The number of rotatable bonds is 1. The van der Waals surface area contributed by atoms with Crippen LogP contribution in [0.3, 0.4) is 0 Å². The molecular weight excluding hydrogens is 214 g/mol. The van der Waals surface area contributed by atoms with E-state index in [1.807, 2.05) is 0 Å². The summed E-state index contributed by atoms with van der Waals surface area (Å²) in [4.78, 5) is 2.29. The molecule has 0 aliphatic carbocycles. The summed E-state index contributed by atoms with van der Waals surface area (Å²) in [7, 11) is 2.12. The summed E-state index contributed by atoms with van der Waals surface area (Å²) in [6.45, 7) is 10.5. The predicted octanol–water partition coefficient (Wildman–Crippen LogP) is 2.04. The second kappa shape index (κ2) is 3.94. The third kappa shape index (κ3) is 2.51. The van der Waals surface area contributed by atoms with Gasteiger partial charge in [0.2, 0.25) is 0 Å². The van der Waals surface area contributed by atoms with E-state index in [1.54, 1.807) is 0 Å². The van der Waals surface area contributed by atoms with E-state index in [0.717, 1.165) is 32.4 Å². The average Bonchev–Trinajstić information content (AvgIpc) is 2.40. The number of likely N-dealkylation sites (tertiary alicyclic amines) is 1. The van der Waals surface area contributed by atoms with Gasteiger partial charge in [-0.25, -0.2) is 0 Å². The fourth-order valence-electron chi connectivity index (χ4n) is 3.75. The molecule has 1 N–H and O–H groups in total. The smallest absolute Gasteiger partial charge is 0.0728 e. The zero-order chi connectivity index (χ0) is 12.9. The van der Waals surface area contributed by atoms with Crippen LogP contribution in [0.15, 0.2) is 0 Å². The van der Waals surface area contributed by atoms with Crippen LogP contribution in [0, 0.1) is 5.92 Å². The van der Waals surface area contributed by atoms with Crippen molar-refractivity contribution in [1.29, 1.82) is 0 Å². The highest BCUT2D eigenvalue weighted by molar-refractivity contribution is 5.05. The van der Waals surface area contributed by atoms with Crippen LogP contribution in [-0.4, -0.2) is 46.9 Å². The monoisotopic (exact) mass is 241 g/mol. The fourth-order valence-corrected chi connectivity index (χ4v) is 3.75. The second-order valence-corrected chi connectivity index (χ2v) is 7.13. The molecule has 100 valence electrons. The largest absolute Gasteiger partial charge is 0.389 e. The summed E-state index contributed by atoms with van der Waals surface area (Å²) in [5.74, 6) is 0.249. The molecule has 2 aliphatic heterocycles. The van der Waals surface area contributed by atoms with Gasteiger partial charge in [-0.05, 0) is 54.0 Å². The van der Waals surface area contributed by atoms with Crippen molar-refractivity contribution in [3.63, 3.8) is 0 Å². The van der Waals surface area contributed by atoms with E-state index in [-0.39, 0.29) is 17.1 Å². The van der Waals surface area contributed by atoms with Crippen molar-refractivity contribution in [1.82, 2.24) is 4.90 Å². The van der Waals surface area contributed by atoms with Gasteiger partial charge in [-0.15, -0.1) is 0 Å². The van der Waals surface area contributed by atoms with Gasteiger partial charge in [0.1, 0.15) is 0 Å². The van der Waals surface area contributed by atoms with Crippen molar-refractivity contribution >= 4 is 0 Å². The van der Waals surface area contributed by atoms with Gasteiger partial charge >= 0.3 is 0 Å². The van der Waals surface area contributed by atoms with E-state index >= 15 is 0 Å². The topological polar surface area (TPSA) is 32.7 Å². The van der Waals surface area contributed by atoms with Crippen LogP contribution in [0.4, 0.5) is 0 Å². The van der Waals surface area contributed by atoms with Gasteiger partial charge in [0.25, 0.3) is 0 Å². The Morgan fingerprint density at radius 3 is 2.06 bits per heavy atom. The Morgan fingerprint density at radius 1 is 1.12 bits per heavy atom. The highest BCUT2D eigenvalue weighted by Gasteiger charge is 2.55. The lowest BCUT2D eigenvalue weighted by atomic mass is 9.70. The first-order valence-corrected chi connectivity index (χ1v) is 6.76. The van der Waals surface area contributed by atoms with E-state index in [1.165, 1.54) is 0 Å². The molecule has 0 aromatic rings. The number of hydrogen-bond acceptors (Lipinski definition) is 3. The summed E-state index contributed by atoms with van der Waals surface area (Å²) in [5.41, 5.74) is -0.856. The van der Waals surface area contributed by atoms with Gasteiger partial charge in [-0.2, -0.15) is 0 Å². The maximum Gasteiger partial charge on any atom is 0.0728 e. The fraction of sp³-hybridized carbons (Fsp3) is 1.00. The van der Waals surface area contributed by atoms with Crippen LogP contribution in [-0.2, 0) is 4.74 Å². The van der Waals surface area contributed by atoms with Crippen LogP contribution in [0.25, 0.3) is 0 Å². The van der Waals surface area contributed by atoms with E-state index < -0.39 is 5.60 Å². The summed E-state index contributed by atoms with van der Waals surface area (Å²) in [6.07, 6.45) is 2.70. The maximum absolute atomic E-state index is 10.9. The van der Waals surface area contributed by atoms with Crippen molar-refractivity contribution in [2.75, 3.05) is 20.1 Å². The first-order valence-electron chi connectivity index (χ1n) is 6.76. The molecule has 17 heavy (non-hydrogen) atoms. The lowest BCUT2D eigenvalue weighted by Crippen LogP contribution is -2.52. The standard InChI is InChI=1S/C14H27NO2/c1-12(2)10-11(13(3,4)17-12)14(16)6-8-15(5)9-7-14/h11,16H,6-10H2,1-5H3. The van der Waals surface area contributed by atoms with Gasteiger partial charge in [0, 0.05) is 19.0 Å². The highest BCUT2D eigenvalue weighted by Crippen LogP contribution is 2.49. The Morgan fingerprint density at radius 2 is 1.65 bits per heavy atom. The van der Waals surface area contributed by atoms with Gasteiger partial charge in [0.15, 0.2) is 0 Å². The molecule has 1 unspecified atom stereocenters. The Bertz CT molecular complexity index is 291. The molecule has 0 aromatic carbocycles. The summed E-state index contributed by atoms with van der Waals surface area (Å²) >= 11 is 0. The Kier molecular flexibility index (Phi) is 3.08. The molecule has 2 aliphatic rings. The summed E-state index contributed by atoms with van der Waals surface area (Å²) in [6, 6.07) is 0. The molecule has 0 bridgehead atoms. The first kappa shape index (κ1) is 13.3. The molecular formula is C14H27NO2. The Labute approximate surface area is 105 Å². The average molecular weight is 241 g/mol. The Balaban J connectivity index is 2.16. The highest BCUT2D eigenvalue weighted by atomic mass is 16.5. The number of nitrogens with zero attached hydrogens (tertiary/aromatic N) is 1. The van der Waals surface area contributed by atoms with Gasteiger partial charge in [0.05, 0.1) is 16.8 Å². The van der Waals surface area contributed by atoms with E-state index in [0.29, 0.717) is 0 Å². The predicted molar refractivity (Wildman–Crippen MR) is 69.0 cm³/mol. The summed E-state index contributed by atoms with van der Waals surface area (Å²) in [5, 5.41) is 10.9. The van der Waals surface area contributed by atoms with Gasteiger partial charge in [-0.1, -0.05) is 0 Å². The zero-order valence-corrected chi connectivity index (χ0v) is 11.9. The van der Waals surface area contributed by atoms with Crippen molar-refractivity contribution < 1.29 is 9.84 Å². The number of ether oxygens (including phenoxy) is 1. The second-order valence-electron chi connectivity index (χ2n) is 7.13. The minimum absolute atomic E-state index is 0.104. The normalized spacial score (nSPS) is 36.0. The number of hydrogen-bond donors (Lipinski definition) is 1. The molecule has 3 heteroatoms. The molecule has 0 saturated carbocycles. The quantitative estimate of drug-likeness (QED) is 0.762. The third-order valence-electron chi connectivity index (χ3n) is 4.58. The molecule has 2 saturated heterocycles. The van der Waals surface area contributed by atoms with Crippen LogP contribution >= 0.6 is 0 Å². The lowest BCUT2D eigenvalue weighted by Gasteiger charge is -2.44. The Hall–Kier alpha value is -0.120. The van der Waals surface area contributed by atoms with Crippen molar-refractivity contribution in [2.24, 2.45) is 5.92 Å². The van der Waals surface area contributed by atoms with Crippen molar-refractivity contribution in [2.45, 2.75) is 63.8 Å².